The maximum Gasteiger partial charge on any atom is 0.243 e. The molecule has 5 nitrogen and oxygen atoms in total. The molecule has 0 aromatic heterocycles. The summed E-state index contributed by atoms with van der Waals surface area (Å²) in [5.41, 5.74) is 2.45. The van der Waals surface area contributed by atoms with Crippen molar-refractivity contribution in [2.24, 2.45) is 0 Å². The smallest absolute Gasteiger partial charge is 0.243 e. The van der Waals surface area contributed by atoms with Crippen molar-refractivity contribution in [1.82, 2.24) is 4.90 Å². The summed E-state index contributed by atoms with van der Waals surface area (Å²) in [5.74, 6) is -0.486. The summed E-state index contributed by atoms with van der Waals surface area (Å²) in [6.45, 7) is 1.97. The lowest BCUT2D eigenvalue weighted by Gasteiger charge is -2.17. The highest BCUT2D eigenvalue weighted by Crippen LogP contribution is 2.22. The first-order chi connectivity index (χ1) is 11.8. The number of aryl methyl sites for hydroxylation is 1. The van der Waals surface area contributed by atoms with Crippen LogP contribution >= 0.6 is 23.2 Å². The lowest BCUT2D eigenvalue weighted by molar-refractivity contribution is -0.131. The van der Waals surface area contributed by atoms with Gasteiger partial charge in [-0.25, -0.2) is 0 Å². The molecule has 2 aromatic carbocycles. The second-order valence-electron chi connectivity index (χ2n) is 5.68. The fraction of sp³-hybridized carbons (Fsp3) is 0.222. The third-order valence-corrected chi connectivity index (χ3v) is 3.88. The zero-order chi connectivity index (χ0) is 18.4. The number of hydrogen-bond donors (Lipinski definition) is 2. The van der Waals surface area contributed by atoms with E-state index in [0.29, 0.717) is 21.4 Å². The van der Waals surface area contributed by atoms with Gasteiger partial charge in [-0.05, 0) is 37.3 Å². The molecule has 0 radical (unpaired) electrons. The van der Waals surface area contributed by atoms with E-state index >= 15 is 0 Å². The van der Waals surface area contributed by atoms with Crippen molar-refractivity contribution >= 4 is 46.4 Å². The minimum atomic E-state index is -0.259. The molecule has 2 N–H and O–H groups in total. The van der Waals surface area contributed by atoms with Crippen molar-refractivity contribution in [3.8, 4) is 0 Å². The Morgan fingerprint density at radius 2 is 1.60 bits per heavy atom. The van der Waals surface area contributed by atoms with Crippen LogP contribution in [0.4, 0.5) is 11.4 Å². The van der Waals surface area contributed by atoms with E-state index in [2.05, 4.69) is 10.6 Å². The molecule has 2 rings (SSSR count). The molecule has 0 unspecified atom stereocenters. The van der Waals surface area contributed by atoms with Gasteiger partial charge in [0.15, 0.2) is 0 Å². The monoisotopic (exact) mass is 379 g/mol. The van der Waals surface area contributed by atoms with Gasteiger partial charge in [-0.1, -0.05) is 40.9 Å². The van der Waals surface area contributed by atoms with Crippen LogP contribution in [0.1, 0.15) is 5.56 Å². The molecule has 0 aliphatic carbocycles. The van der Waals surface area contributed by atoms with Gasteiger partial charge in [0.2, 0.25) is 11.8 Å². The quantitative estimate of drug-likeness (QED) is 0.801. The predicted molar refractivity (Wildman–Crippen MR) is 102 cm³/mol. The van der Waals surface area contributed by atoms with Gasteiger partial charge < -0.3 is 15.5 Å². The van der Waals surface area contributed by atoms with Crippen LogP contribution in [-0.4, -0.2) is 36.9 Å². The van der Waals surface area contributed by atoms with Gasteiger partial charge in [-0.3, -0.25) is 9.59 Å². The maximum absolute atomic E-state index is 12.1. The van der Waals surface area contributed by atoms with E-state index in [1.54, 1.807) is 25.2 Å². The van der Waals surface area contributed by atoms with E-state index < -0.39 is 0 Å². The van der Waals surface area contributed by atoms with Gasteiger partial charge in [0.05, 0.1) is 13.1 Å². The molecule has 0 spiro atoms. The fourth-order valence-corrected chi connectivity index (χ4v) is 2.64. The van der Waals surface area contributed by atoms with Crippen molar-refractivity contribution < 1.29 is 9.59 Å². The highest BCUT2D eigenvalue weighted by atomic mass is 35.5. The molecule has 132 valence electrons. The lowest BCUT2D eigenvalue weighted by atomic mass is 10.2. The van der Waals surface area contributed by atoms with Gasteiger partial charge >= 0.3 is 0 Å². The highest BCUT2D eigenvalue weighted by Gasteiger charge is 2.13. The number of amides is 2. The van der Waals surface area contributed by atoms with Crippen molar-refractivity contribution in [2.75, 3.05) is 30.8 Å². The third kappa shape index (κ3) is 6.29. The molecule has 0 bridgehead atoms. The predicted octanol–water partition coefficient (Wildman–Crippen LogP) is 3.81. The lowest BCUT2D eigenvalue weighted by Crippen LogP contribution is -2.38. The Morgan fingerprint density at radius 3 is 2.20 bits per heavy atom. The molecular formula is C18H19Cl2N3O2. The molecule has 0 aliphatic heterocycles. The van der Waals surface area contributed by atoms with Crippen molar-refractivity contribution in [3.05, 3.63) is 58.1 Å². The van der Waals surface area contributed by atoms with E-state index in [-0.39, 0.29) is 24.9 Å². The first kappa shape index (κ1) is 19.1. The van der Waals surface area contributed by atoms with Crippen LogP contribution in [-0.2, 0) is 9.59 Å². The molecule has 2 amide bonds. The number of rotatable bonds is 6. The Balaban J connectivity index is 1.82. The van der Waals surface area contributed by atoms with Gasteiger partial charge in [0, 0.05) is 28.5 Å². The number of anilines is 2. The average molecular weight is 380 g/mol. The molecule has 0 aliphatic rings. The van der Waals surface area contributed by atoms with E-state index in [0.717, 1.165) is 5.56 Å². The fourth-order valence-electron chi connectivity index (χ4n) is 2.11. The molecule has 25 heavy (non-hydrogen) atoms. The zero-order valence-corrected chi connectivity index (χ0v) is 15.5. The van der Waals surface area contributed by atoms with Crippen LogP contribution in [0.3, 0.4) is 0 Å². The van der Waals surface area contributed by atoms with Crippen molar-refractivity contribution in [2.45, 2.75) is 6.92 Å². The van der Waals surface area contributed by atoms with Crippen LogP contribution in [0.25, 0.3) is 0 Å². The summed E-state index contributed by atoms with van der Waals surface area (Å²) < 4.78 is 0. The molecule has 0 heterocycles. The molecule has 7 heteroatoms. The van der Waals surface area contributed by atoms with Crippen LogP contribution in [0.5, 0.6) is 0 Å². The number of nitrogens with one attached hydrogen (secondary N) is 2. The highest BCUT2D eigenvalue weighted by molar-refractivity contribution is 6.35. The minimum Gasteiger partial charge on any atom is -0.376 e. The molecular weight excluding hydrogens is 361 g/mol. The summed E-state index contributed by atoms with van der Waals surface area (Å²) in [5, 5.41) is 6.66. The normalized spacial score (nSPS) is 10.2. The molecule has 0 saturated heterocycles. The second kappa shape index (κ2) is 8.74. The molecule has 2 aromatic rings. The van der Waals surface area contributed by atoms with Gasteiger partial charge in [-0.15, -0.1) is 0 Å². The van der Waals surface area contributed by atoms with Crippen LogP contribution in [0, 0.1) is 6.92 Å². The summed E-state index contributed by atoms with van der Waals surface area (Å²) in [6, 6.07) is 12.4. The van der Waals surface area contributed by atoms with Crippen LogP contribution in [0.2, 0.25) is 10.0 Å². The Kier molecular flexibility index (Phi) is 6.67. The number of halogens is 2. The van der Waals surface area contributed by atoms with Gasteiger partial charge in [-0.2, -0.15) is 0 Å². The second-order valence-corrected chi connectivity index (χ2v) is 6.55. The molecule has 0 atom stereocenters. The number of carbonyl (C=O) groups is 2. The zero-order valence-electron chi connectivity index (χ0n) is 14.0. The largest absolute Gasteiger partial charge is 0.376 e. The number of nitrogens with zero attached hydrogens (tertiary/aromatic N) is 1. The summed E-state index contributed by atoms with van der Waals surface area (Å²) in [7, 11) is 1.57. The van der Waals surface area contributed by atoms with Gasteiger partial charge in [0.1, 0.15) is 0 Å². The SMILES string of the molecule is Cc1ccc(NC(=O)CN(C)C(=O)CNc2cc(Cl)cc(Cl)c2)cc1. The molecule has 0 saturated carbocycles. The van der Waals surface area contributed by atoms with Gasteiger partial charge in [0.25, 0.3) is 0 Å². The Hall–Kier alpha value is -2.24. The van der Waals surface area contributed by atoms with E-state index in [1.807, 2.05) is 31.2 Å². The Bertz CT molecular complexity index is 743. The summed E-state index contributed by atoms with van der Waals surface area (Å²) in [4.78, 5) is 25.5. The maximum atomic E-state index is 12.1. The van der Waals surface area contributed by atoms with E-state index in [9.17, 15) is 9.59 Å². The van der Waals surface area contributed by atoms with E-state index in [1.165, 1.54) is 4.90 Å². The first-order valence-electron chi connectivity index (χ1n) is 7.64. The topological polar surface area (TPSA) is 61.4 Å². The Morgan fingerprint density at radius 1 is 1.00 bits per heavy atom. The summed E-state index contributed by atoms with van der Waals surface area (Å²) >= 11 is 11.8. The number of carbonyl (C=O) groups excluding carboxylic acids is 2. The van der Waals surface area contributed by atoms with E-state index in [4.69, 9.17) is 23.2 Å². The third-order valence-electron chi connectivity index (χ3n) is 3.45. The number of hydrogen-bond acceptors (Lipinski definition) is 3. The number of benzene rings is 2. The minimum absolute atomic E-state index is 0.0327. The Labute approximate surface area is 156 Å². The summed E-state index contributed by atoms with van der Waals surface area (Å²) in [6.07, 6.45) is 0. The standard InChI is InChI=1S/C18H19Cl2N3O2/c1-12-3-5-15(6-4-12)22-17(24)11-23(2)18(25)10-21-16-8-13(19)7-14(20)9-16/h3-9,21H,10-11H2,1-2H3,(H,22,24). The average Bonchev–Trinajstić information content (AvgIpc) is 2.53. The molecule has 0 fully saturated rings. The van der Waals surface area contributed by atoms with Crippen LogP contribution < -0.4 is 10.6 Å². The number of likely N-dealkylation sites (N-methyl/N-ethyl adjacent to an activating group) is 1. The van der Waals surface area contributed by atoms with Crippen LogP contribution in [0.15, 0.2) is 42.5 Å². The van der Waals surface area contributed by atoms with Crippen molar-refractivity contribution in [3.63, 3.8) is 0 Å². The van der Waals surface area contributed by atoms with Crippen molar-refractivity contribution in [1.29, 1.82) is 0 Å². The first-order valence-corrected chi connectivity index (χ1v) is 8.39.